The van der Waals surface area contributed by atoms with Gasteiger partial charge in [-0.25, -0.2) is 0 Å². The molecular formula is C14H21N3. The van der Waals surface area contributed by atoms with E-state index >= 15 is 0 Å². The minimum absolute atomic E-state index is 0.657. The molecule has 0 saturated carbocycles. The molecule has 17 heavy (non-hydrogen) atoms. The number of piperazine rings is 1. The molecule has 3 rings (SSSR count). The van der Waals surface area contributed by atoms with Crippen LogP contribution in [0.15, 0.2) is 18.2 Å². The van der Waals surface area contributed by atoms with E-state index in [1.54, 1.807) is 5.56 Å². The predicted molar refractivity (Wildman–Crippen MR) is 71.5 cm³/mol. The summed E-state index contributed by atoms with van der Waals surface area (Å²) in [5.74, 6) is 0.657. The Morgan fingerprint density at radius 1 is 1.29 bits per heavy atom. The molecule has 1 unspecified atom stereocenters. The molecule has 0 spiro atoms. The van der Waals surface area contributed by atoms with Gasteiger partial charge in [-0.3, -0.25) is 4.90 Å². The highest BCUT2D eigenvalue weighted by atomic mass is 15.2. The Kier molecular flexibility index (Phi) is 3.04. The molecule has 2 aliphatic rings. The van der Waals surface area contributed by atoms with E-state index in [-0.39, 0.29) is 0 Å². The topological polar surface area (TPSA) is 27.3 Å². The Bertz CT molecular complexity index is 396. The summed E-state index contributed by atoms with van der Waals surface area (Å²) in [4.78, 5) is 2.55. The van der Waals surface area contributed by atoms with Crippen LogP contribution in [-0.2, 0) is 6.54 Å². The van der Waals surface area contributed by atoms with Crippen molar-refractivity contribution in [2.75, 3.05) is 38.0 Å². The van der Waals surface area contributed by atoms with Crippen LogP contribution in [0.4, 0.5) is 5.69 Å². The number of fused-ring (bicyclic) bond motifs is 1. The monoisotopic (exact) mass is 231 g/mol. The summed E-state index contributed by atoms with van der Waals surface area (Å²) in [7, 11) is 0. The zero-order valence-electron chi connectivity index (χ0n) is 10.5. The molecule has 3 nitrogen and oxygen atoms in total. The molecule has 0 aliphatic carbocycles. The minimum Gasteiger partial charge on any atom is -0.384 e. The number of nitrogens with zero attached hydrogens (tertiary/aromatic N) is 1. The highest BCUT2D eigenvalue weighted by Crippen LogP contribution is 2.34. The Hall–Kier alpha value is -1.06. The molecule has 2 aliphatic heterocycles. The molecule has 1 aromatic carbocycles. The lowest BCUT2D eigenvalue weighted by Gasteiger charge is -2.28. The summed E-state index contributed by atoms with van der Waals surface area (Å²) >= 11 is 0. The van der Waals surface area contributed by atoms with E-state index in [9.17, 15) is 0 Å². The van der Waals surface area contributed by atoms with Crippen LogP contribution < -0.4 is 10.6 Å². The maximum atomic E-state index is 3.50. The third-order valence-corrected chi connectivity index (χ3v) is 3.89. The van der Waals surface area contributed by atoms with Crippen molar-refractivity contribution in [3.63, 3.8) is 0 Å². The van der Waals surface area contributed by atoms with Gasteiger partial charge in [0.25, 0.3) is 0 Å². The van der Waals surface area contributed by atoms with Crippen LogP contribution in [0, 0.1) is 0 Å². The van der Waals surface area contributed by atoms with E-state index in [0.29, 0.717) is 5.92 Å². The van der Waals surface area contributed by atoms with E-state index in [1.807, 2.05) is 0 Å². The molecule has 0 amide bonds. The number of nitrogens with one attached hydrogen (secondary N) is 2. The molecule has 0 aromatic heterocycles. The van der Waals surface area contributed by atoms with Gasteiger partial charge in [0.15, 0.2) is 0 Å². The van der Waals surface area contributed by atoms with Crippen LogP contribution in [0.5, 0.6) is 0 Å². The second-order valence-corrected chi connectivity index (χ2v) is 5.19. The van der Waals surface area contributed by atoms with Crippen molar-refractivity contribution in [3.8, 4) is 0 Å². The van der Waals surface area contributed by atoms with Crippen molar-refractivity contribution in [1.29, 1.82) is 0 Å². The average molecular weight is 231 g/mol. The molecule has 0 bridgehead atoms. The van der Waals surface area contributed by atoms with Gasteiger partial charge in [-0.2, -0.15) is 0 Å². The van der Waals surface area contributed by atoms with Gasteiger partial charge in [0, 0.05) is 50.9 Å². The molecule has 0 radical (unpaired) electrons. The lowest BCUT2D eigenvalue weighted by Crippen LogP contribution is -2.43. The molecule has 1 atom stereocenters. The molecule has 92 valence electrons. The van der Waals surface area contributed by atoms with Gasteiger partial charge in [0.2, 0.25) is 0 Å². The van der Waals surface area contributed by atoms with E-state index in [1.165, 1.54) is 24.3 Å². The zero-order valence-corrected chi connectivity index (χ0v) is 10.5. The maximum absolute atomic E-state index is 3.50. The third-order valence-electron chi connectivity index (χ3n) is 3.89. The van der Waals surface area contributed by atoms with Crippen molar-refractivity contribution >= 4 is 5.69 Å². The number of hydrogen-bond acceptors (Lipinski definition) is 3. The summed E-state index contributed by atoms with van der Waals surface area (Å²) in [6, 6.07) is 6.69. The van der Waals surface area contributed by atoms with Gasteiger partial charge in [-0.05, 0) is 17.2 Å². The van der Waals surface area contributed by atoms with Crippen LogP contribution in [0.25, 0.3) is 0 Å². The molecule has 1 saturated heterocycles. The van der Waals surface area contributed by atoms with Crippen LogP contribution >= 0.6 is 0 Å². The quantitative estimate of drug-likeness (QED) is 0.810. The second-order valence-electron chi connectivity index (χ2n) is 5.19. The third kappa shape index (κ3) is 2.17. The van der Waals surface area contributed by atoms with Crippen molar-refractivity contribution in [2.24, 2.45) is 0 Å². The van der Waals surface area contributed by atoms with Crippen molar-refractivity contribution in [2.45, 2.75) is 19.4 Å². The SMILES string of the molecule is CC1CNc2cccc(CN3CCNCC3)c21. The molecular weight excluding hydrogens is 210 g/mol. The van der Waals surface area contributed by atoms with Gasteiger partial charge >= 0.3 is 0 Å². The standard InChI is InChI=1S/C14H21N3/c1-11-9-16-13-4-2-3-12(14(11)13)10-17-7-5-15-6-8-17/h2-4,11,15-16H,5-10H2,1H3. The highest BCUT2D eigenvalue weighted by Gasteiger charge is 2.22. The number of hydrogen-bond donors (Lipinski definition) is 2. The van der Waals surface area contributed by atoms with Crippen LogP contribution in [0.3, 0.4) is 0 Å². The lowest BCUT2D eigenvalue weighted by atomic mass is 9.97. The van der Waals surface area contributed by atoms with Gasteiger partial charge in [-0.15, -0.1) is 0 Å². The summed E-state index contributed by atoms with van der Waals surface area (Å²) in [5, 5.41) is 6.90. The van der Waals surface area contributed by atoms with E-state index in [2.05, 4.69) is 40.7 Å². The molecule has 1 aromatic rings. The molecule has 1 fully saturated rings. The van der Waals surface area contributed by atoms with E-state index in [0.717, 1.165) is 26.2 Å². The maximum Gasteiger partial charge on any atom is 0.0379 e. The van der Waals surface area contributed by atoms with Gasteiger partial charge in [-0.1, -0.05) is 19.1 Å². The van der Waals surface area contributed by atoms with E-state index in [4.69, 9.17) is 0 Å². The predicted octanol–water partition coefficient (Wildman–Crippen LogP) is 1.62. The fraction of sp³-hybridized carbons (Fsp3) is 0.571. The van der Waals surface area contributed by atoms with Crippen LogP contribution in [0.1, 0.15) is 24.0 Å². The largest absolute Gasteiger partial charge is 0.384 e. The summed E-state index contributed by atoms with van der Waals surface area (Å²) in [6.45, 7) is 9.12. The molecule has 3 heteroatoms. The highest BCUT2D eigenvalue weighted by molar-refractivity contribution is 5.60. The average Bonchev–Trinajstić information content (AvgIpc) is 2.74. The van der Waals surface area contributed by atoms with Gasteiger partial charge in [0.05, 0.1) is 0 Å². The fourth-order valence-electron chi connectivity index (χ4n) is 2.96. The number of anilines is 1. The smallest absolute Gasteiger partial charge is 0.0379 e. The van der Waals surface area contributed by atoms with Crippen molar-refractivity contribution < 1.29 is 0 Å². The van der Waals surface area contributed by atoms with Crippen LogP contribution in [-0.4, -0.2) is 37.6 Å². The molecule has 2 heterocycles. The summed E-state index contributed by atoms with van der Waals surface area (Å²) in [5.41, 5.74) is 4.41. The first-order valence-corrected chi connectivity index (χ1v) is 6.63. The normalized spacial score (nSPS) is 24.4. The number of benzene rings is 1. The Morgan fingerprint density at radius 2 is 2.12 bits per heavy atom. The Balaban J connectivity index is 1.81. The van der Waals surface area contributed by atoms with Gasteiger partial charge < -0.3 is 10.6 Å². The lowest BCUT2D eigenvalue weighted by molar-refractivity contribution is 0.232. The second kappa shape index (κ2) is 4.67. The molecule has 2 N–H and O–H groups in total. The minimum atomic E-state index is 0.657. The fourth-order valence-corrected chi connectivity index (χ4v) is 2.96. The number of rotatable bonds is 2. The first kappa shape index (κ1) is 11.1. The Labute approximate surface area is 103 Å². The first-order chi connectivity index (χ1) is 8.34. The van der Waals surface area contributed by atoms with Crippen molar-refractivity contribution in [3.05, 3.63) is 29.3 Å². The Morgan fingerprint density at radius 3 is 2.94 bits per heavy atom. The first-order valence-electron chi connectivity index (χ1n) is 6.63. The van der Waals surface area contributed by atoms with Gasteiger partial charge in [0.1, 0.15) is 0 Å². The summed E-state index contributed by atoms with van der Waals surface area (Å²) in [6.07, 6.45) is 0. The van der Waals surface area contributed by atoms with E-state index < -0.39 is 0 Å². The van der Waals surface area contributed by atoms with Crippen molar-refractivity contribution in [1.82, 2.24) is 10.2 Å². The zero-order chi connectivity index (χ0) is 11.7. The van der Waals surface area contributed by atoms with Crippen LogP contribution in [0.2, 0.25) is 0 Å². The summed E-state index contributed by atoms with van der Waals surface area (Å²) < 4.78 is 0.